The summed E-state index contributed by atoms with van der Waals surface area (Å²) in [6.07, 6.45) is -3.67. The van der Waals surface area contributed by atoms with E-state index < -0.39 is 18.6 Å². The average molecular weight is 212 g/mol. The predicted molar refractivity (Wildman–Crippen MR) is 46.6 cm³/mol. The van der Waals surface area contributed by atoms with Gasteiger partial charge in [-0.05, 0) is 6.42 Å². The third kappa shape index (κ3) is 5.80. The fourth-order valence-electron chi connectivity index (χ4n) is 1.04. The third-order valence-corrected chi connectivity index (χ3v) is 1.59. The molecule has 0 aromatic heterocycles. The summed E-state index contributed by atoms with van der Waals surface area (Å²) in [5.41, 5.74) is 5.12. The molecule has 0 heterocycles. The standard InChI is InChI=1S/C8H15F3N2O/c1-2-3-7(14)13(5-4-12)6-8(9,10)11/h2-6,12H2,1H3. The molecule has 1 amide bonds. The first-order chi connectivity index (χ1) is 6.40. The van der Waals surface area contributed by atoms with E-state index in [1.54, 1.807) is 6.92 Å². The molecule has 0 saturated heterocycles. The second kappa shape index (κ2) is 5.85. The summed E-state index contributed by atoms with van der Waals surface area (Å²) in [6, 6.07) is 0. The van der Waals surface area contributed by atoms with Crippen molar-refractivity contribution in [3.8, 4) is 0 Å². The highest BCUT2D eigenvalue weighted by Gasteiger charge is 2.32. The lowest BCUT2D eigenvalue weighted by Gasteiger charge is -2.23. The largest absolute Gasteiger partial charge is 0.406 e. The Bertz CT molecular complexity index is 182. The maximum Gasteiger partial charge on any atom is 0.406 e. The average Bonchev–Trinajstić information content (AvgIpc) is 2.01. The molecule has 0 rings (SSSR count). The van der Waals surface area contributed by atoms with Crippen molar-refractivity contribution < 1.29 is 18.0 Å². The van der Waals surface area contributed by atoms with Crippen LogP contribution in [0.4, 0.5) is 13.2 Å². The van der Waals surface area contributed by atoms with Gasteiger partial charge >= 0.3 is 6.18 Å². The Kier molecular flexibility index (Phi) is 5.52. The van der Waals surface area contributed by atoms with E-state index in [1.165, 1.54) is 0 Å². The van der Waals surface area contributed by atoms with Gasteiger partial charge in [0.2, 0.25) is 5.91 Å². The van der Waals surface area contributed by atoms with Crippen molar-refractivity contribution in [2.75, 3.05) is 19.6 Å². The van der Waals surface area contributed by atoms with Crippen LogP contribution < -0.4 is 5.73 Å². The molecule has 0 aliphatic rings. The topological polar surface area (TPSA) is 46.3 Å². The van der Waals surface area contributed by atoms with Crippen molar-refractivity contribution in [1.82, 2.24) is 4.90 Å². The van der Waals surface area contributed by atoms with Crippen LogP contribution >= 0.6 is 0 Å². The van der Waals surface area contributed by atoms with Gasteiger partial charge in [0.25, 0.3) is 0 Å². The van der Waals surface area contributed by atoms with Gasteiger partial charge in [0.15, 0.2) is 0 Å². The lowest BCUT2D eigenvalue weighted by molar-refractivity contribution is -0.161. The van der Waals surface area contributed by atoms with Gasteiger partial charge in [0, 0.05) is 19.5 Å². The highest BCUT2D eigenvalue weighted by Crippen LogP contribution is 2.16. The fourth-order valence-corrected chi connectivity index (χ4v) is 1.04. The molecular weight excluding hydrogens is 197 g/mol. The second-order valence-electron chi connectivity index (χ2n) is 2.97. The maximum absolute atomic E-state index is 12.0. The minimum Gasteiger partial charge on any atom is -0.332 e. The van der Waals surface area contributed by atoms with Crippen molar-refractivity contribution in [1.29, 1.82) is 0 Å². The van der Waals surface area contributed by atoms with Crippen molar-refractivity contribution in [2.45, 2.75) is 25.9 Å². The van der Waals surface area contributed by atoms with Gasteiger partial charge in [-0.3, -0.25) is 4.79 Å². The monoisotopic (exact) mass is 212 g/mol. The molecule has 2 N–H and O–H groups in total. The minimum atomic E-state index is -4.35. The number of nitrogens with two attached hydrogens (primary N) is 1. The Balaban J connectivity index is 4.21. The van der Waals surface area contributed by atoms with E-state index in [0.717, 1.165) is 4.90 Å². The van der Waals surface area contributed by atoms with E-state index >= 15 is 0 Å². The molecule has 0 spiro atoms. The first kappa shape index (κ1) is 13.2. The zero-order chi connectivity index (χ0) is 11.2. The smallest absolute Gasteiger partial charge is 0.332 e. The summed E-state index contributed by atoms with van der Waals surface area (Å²) >= 11 is 0. The van der Waals surface area contributed by atoms with Crippen LogP contribution in [0.25, 0.3) is 0 Å². The van der Waals surface area contributed by atoms with Gasteiger partial charge in [-0.1, -0.05) is 6.92 Å². The van der Waals surface area contributed by atoms with Gasteiger partial charge in [0.05, 0.1) is 0 Å². The normalized spacial score (nSPS) is 11.5. The minimum absolute atomic E-state index is 0.0433. The van der Waals surface area contributed by atoms with E-state index in [4.69, 9.17) is 5.73 Å². The molecule has 0 bridgehead atoms. The number of rotatable bonds is 5. The lowest BCUT2D eigenvalue weighted by Crippen LogP contribution is -2.41. The van der Waals surface area contributed by atoms with Gasteiger partial charge in [-0.15, -0.1) is 0 Å². The summed E-state index contributed by atoms with van der Waals surface area (Å²) in [5, 5.41) is 0. The van der Waals surface area contributed by atoms with Crippen molar-refractivity contribution in [3.63, 3.8) is 0 Å². The van der Waals surface area contributed by atoms with E-state index in [1.807, 2.05) is 0 Å². The van der Waals surface area contributed by atoms with Crippen LogP contribution in [0, 0.1) is 0 Å². The Morgan fingerprint density at radius 2 is 2.00 bits per heavy atom. The van der Waals surface area contributed by atoms with Gasteiger partial charge in [0.1, 0.15) is 6.54 Å². The van der Waals surface area contributed by atoms with Gasteiger partial charge in [-0.2, -0.15) is 13.2 Å². The van der Waals surface area contributed by atoms with Crippen molar-refractivity contribution >= 4 is 5.91 Å². The van der Waals surface area contributed by atoms with Gasteiger partial charge < -0.3 is 10.6 Å². The van der Waals surface area contributed by atoms with Crippen molar-refractivity contribution in [3.05, 3.63) is 0 Å². The molecule has 0 aliphatic heterocycles. The van der Waals surface area contributed by atoms with Gasteiger partial charge in [-0.25, -0.2) is 0 Å². The molecule has 0 aliphatic carbocycles. The molecule has 0 aromatic carbocycles. The number of nitrogens with zero attached hydrogens (tertiary/aromatic N) is 1. The highest BCUT2D eigenvalue weighted by molar-refractivity contribution is 5.76. The zero-order valence-electron chi connectivity index (χ0n) is 8.10. The van der Waals surface area contributed by atoms with Crippen LogP contribution in [0.1, 0.15) is 19.8 Å². The number of hydrogen-bond donors (Lipinski definition) is 1. The molecule has 0 saturated carbocycles. The molecule has 0 fully saturated rings. The third-order valence-electron chi connectivity index (χ3n) is 1.59. The first-order valence-corrected chi connectivity index (χ1v) is 4.45. The number of halogens is 3. The van der Waals surface area contributed by atoms with E-state index in [-0.39, 0.29) is 19.5 Å². The molecule has 6 heteroatoms. The fraction of sp³-hybridized carbons (Fsp3) is 0.875. The summed E-state index contributed by atoms with van der Waals surface area (Å²) in [5.74, 6) is -0.490. The Hall–Kier alpha value is -0.780. The summed E-state index contributed by atoms with van der Waals surface area (Å²) < 4.78 is 36.0. The number of amides is 1. The molecule has 0 atom stereocenters. The molecule has 14 heavy (non-hydrogen) atoms. The number of hydrogen-bond acceptors (Lipinski definition) is 2. The Morgan fingerprint density at radius 3 is 2.36 bits per heavy atom. The van der Waals surface area contributed by atoms with Crippen LogP contribution in [-0.4, -0.2) is 36.6 Å². The predicted octanol–water partition coefficient (Wildman–Crippen LogP) is 1.14. The first-order valence-electron chi connectivity index (χ1n) is 4.45. The van der Waals surface area contributed by atoms with E-state index in [2.05, 4.69) is 0 Å². The quantitative estimate of drug-likeness (QED) is 0.742. The zero-order valence-corrected chi connectivity index (χ0v) is 8.10. The molecule has 3 nitrogen and oxygen atoms in total. The summed E-state index contributed by atoms with van der Waals surface area (Å²) in [7, 11) is 0. The SMILES string of the molecule is CCCC(=O)N(CCN)CC(F)(F)F. The van der Waals surface area contributed by atoms with Crippen LogP contribution in [0.5, 0.6) is 0 Å². The highest BCUT2D eigenvalue weighted by atomic mass is 19.4. The molecule has 84 valence electrons. The van der Waals surface area contributed by atoms with Crippen molar-refractivity contribution in [2.24, 2.45) is 5.73 Å². The van der Waals surface area contributed by atoms with E-state index in [9.17, 15) is 18.0 Å². The number of alkyl halides is 3. The molecule has 0 unspecified atom stereocenters. The number of carbonyl (C=O) groups is 1. The van der Waals surface area contributed by atoms with Crippen LogP contribution in [0.2, 0.25) is 0 Å². The maximum atomic E-state index is 12.0. The van der Waals surface area contributed by atoms with Crippen LogP contribution in [0.3, 0.4) is 0 Å². The Labute approximate surface area is 81.1 Å². The Morgan fingerprint density at radius 1 is 1.43 bits per heavy atom. The van der Waals surface area contributed by atoms with E-state index in [0.29, 0.717) is 6.42 Å². The lowest BCUT2D eigenvalue weighted by atomic mass is 10.3. The summed E-state index contributed by atoms with van der Waals surface area (Å²) in [4.78, 5) is 11.9. The molecule has 0 radical (unpaired) electrons. The molecular formula is C8H15F3N2O. The summed E-state index contributed by atoms with van der Waals surface area (Å²) in [6.45, 7) is 0.541. The molecule has 0 aromatic rings. The second-order valence-corrected chi connectivity index (χ2v) is 2.97. The van der Waals surface area contributed by atoms with Crippen LogP contribution in [0.15, 0.2) is 0 Å². The van der Waals surface area contributed by atoms with Crippen LogP contribution in [-0.2, 0) is 4.79 Å². The number of carbonyl (C=O) groups excluding carboxylic acids is 1.